The number of hydrogen-bond donors (Lipinski definition) is 1. The molecule has 1 saturated heterocycles. The Kier molecular flexibility index (Phi) is 7.47. The molecule has 0 aromatic heterocycles. The van der Waals surface area contributed by atoms with Crippen molar-refractivity contribution in [3.05, 3.63) is 23.8 Å². The third kappa shape index (κ3) is 4.12. The van der Waals surface area contributed by atoms with E-state index in [9.17, 15) is 19.3 Å². The number of halogens is 1. The van der Waals surface area contributed by atoms with E-state index in [0.717, 1.165) is 0 Å². The van der Waals surface area contributed by atoms with Crippen LogP contribution < -0.4 is 0 Å². The molecule has 224 valence electrons. The van der Waals surface area contributed by atoms with Crippen LogP contribution in [-0.2, 0) is 37.4 Å². The smallest absolute Gasteiger partial charge is 0.356 e. The van der Waals surface area contributed by atoms with Crippen molar-refractivity contribution in [3.8, 4) is 0 Å². The lowest BCUT2D eigenvalue weighted by molar-refractivity contribution is -0.243. The maximum atomic E-state index is 17.5. The summed E-state index contributed by atoms with van der Waals surface area (Å²) in [7, 11) is -3.55. The maximum absolute atomic E-state index is 17.5. The summed E-state index contributed by atoms with van der Waals surface area (Å²) in [4.78, 5) is 26.3. The summed E-state index contributed by atoms with van der Waals surface area (Å²) in [6.07, 6.45) is 3.27. The summed E-state index contributed by atoms with van der Waals surface area (Å²) in [5, 5.41) is 11.7. The molecule has 0 amide bonds. The van der Waals surface area contributed by atoms with Crippen LogP contribution in [0.25, 0.3) is 0 Å². The van der Waals surface area contributed by atoms with Crippen LogP contribution in [0, 0.1) is 22.7 Å². The average Bonchev–Trinajstić information content (AvgIpc) is 3.27. The van der Waals surface area contributed by atoms with Gasteiger partial charge in [-0.05, 0) is 65.9 Å². The largest absolute Gasteiger partial charge is 0.390 e. The lowest BCUT2D eigenvalue weighted by Crippen LogP contribution is -2.69. The van der Waals surface area contributed by atoms with E-state index in [-0.39, 0.29) is 37.8 Å². The fourth-order valence-corrected chi connectivity index (χ4v) is 9.90. The molecule has 8 atom stereocenters. The highest BCUT2D eigenvalue weighted by atomic mass is 31.2. The molecule has 3 fully saturated rings. The van der Waals surface area contributed by atoms with Crippen LogP contribution in [0.3, 0.4) is 0 Å². The van der Waals surface area contributed by atoms with Crippen LogP contribution in [0.2, 0.25) is 0 Å². The Labute approximate surface area is 235 Å². The summed E-state index contributed by atoms with van der Waals surface area (Å²) in [5.41, 5.74) is -4.96. The zero-order valence-electron chi connectivity index (χ0n) is 24.2. The predicted molar refractivity (Wildman–Crippen MR) is 143 cm³/mol. The number of Topliss-reactive ketones (excluding diaryl/α,β-unsaturated/α-hetero) is 1. The van der Waals surface area contributed by atoms with Crippen LogP contribution in [-0.4, -0.2) is 72.1 Å². The summed E-state index contributed by atoms with van der Waals surface area (Å²) < 4.78 is 59.4. The van der Waals surface area contributed by atoms with Gasteiger partial charge in [0.15, 0.2) is 28.6 Å². The Hall–Kier alpha value is -1.26. The van der Waals surface area contributed by atoms with E-state index >= 15 is 4.39 Å². The molecular weight excluding hydrogens is 542 g/mol. The van der Waals surface area contributed by atoms with Crippen molar-refractivity contribution < 1.29 is 46.9 Å². The van der Waals surface area contributed by atoms with Gasteiger partial charge < -0.3 is 28.4 Å². The lowest BCUT2D eigenvalue weighted by Gasteiger charge is -2.62. The molecule has 0 spiro atoms. The van der Waals surface area contributed by atoms with Gasteiger partial charge in [-0.1, -0.05) is 24.6 Å². The van der Waals surface area contributed by atoms with E-state index in [1.165, 1.54) is 6.08 Å². The van der Waals surface area contributed by atoms with Gasteiger partial charge in [0.1, 0.15) is 13.0 Å². The number of aliphatic hydroxyl groups is 1. The second kappa shape index (κ2) is 9.90. The van der Waals surface area contributed by atoms with E-state index in [1.807, 2.05) is 13.0 Å². The predicted octanol–water partition coefficient (Wildman–Crippen LogP) is 4.67. The van der Waals surface area contributed by atoms with Crippen molar-refractivity contribution in [3.63, 3.8) is 0 Å². The fourth-order valence-electron chi connectivity index (χ4n) is 8.58. The SMILES string of the molecule is CCOP(=O)(COCC(=O)[C@@]12OC(C)(C)O[C@@H]1C[C@H]1[C@@H]3CC=C4CC(=O)C=C[C@]4(C)[C@@]3(F)[C@@H](O)C[C@@]12C)OCC. The van der Waals surface area contributed by atoms with E-state index < -0.39 is 72.3 Å². The maximum Gasteiger partial charge on any atom is 0.356 e. The number of alkyl halides is 1. The second-order valence-electron chi connectivity index (χ2n) is 12.7. The Morgan fingerprint density at radius 3 is 2.50 bits per heavy atom. The molecule has 5 rings (SSSR count). The zero-order valence-corrected chi connectivity index (χ0v) is 25.1. The molecule has 0 aromatic carbocycles. The van der Waals surface area contributed by atoms with Gasteiger partial charge in [-0.3, -0.25) is 14.2 Å². The normalized spacial score (nSPS) is 43.5. The highest BCUT2D eigenvalue weighted by Crippen LogP contribution is 2.72. The molecule has 0 bridgehead atoms. The first-order valence-corrected chi connectivity index (χ1v) is 16.0. The highest BCUT2D eigenvalue weighted by Gasteiger charge is 2.79. The first kappa shape index (κ1) is 30.2. The molecule has 1 aliphatic heterocycles. The Balaban J connectivity index is 1.48. The molecule has 0 unspecified atom stereocenters. The van der Waals surface area contributed by atoms with Gasteiger partial charge in [0.05, 0.1) is 25.4 Å². The molecule has 1 N–H and O–H groups in total. The number of ketones is 2. The molecule has 9 nitrogen and oxygen atoms in total. The first-order chi connectivity index (χ1) is 18.6. The van der Waals surface area contributed by atoms with Crippen LogP contribution >= 0.6 is 7.60 Å². The van der Waals surface area contributed by atoms with Crippen molar-refractivity contribution in [2.45, 2.75) is 96.5 Å². The molecule has 5 aliphatic rings. The average molecular weight is 585 g/mol. The second-order valence-corrected chi connectivity index (χ2v) is 14.7. The minimum Gasteiger partial charge on any atom is -0.390 e. The van der Waals surface area contributed by atoms with Gasteiger partial charge in [-0.2, -0.15) is 0 Å². The third-order valence-corrected chi connectivity index (χ3v) is 11.9. The van der Waals surface area contributed by atoms with Gasteiger partial charge >= 0.3 is 7.60 Å². The van der Waals surface area contributed by atoms with Crippen LogP contribution in [0.15, 0.2) is 23.8 Å². The van der Waals surface area contributed by atoms with Crippen molar-refractivity contribution in [2.75, 3.05) is 26.2 Å². The van der Waals surface area contributed by atoms with Crippen molar-refractivity contribution in [1.29, 1.82) is 0 Å². The first-order valence-electron chi connectivity index (χ1n) is 14.3. The molecule has 4 aliphatic carbocycles. The number of allylic oxidation sites excluding steroid dienone is 4. The third-order valence-electron chi connectivity index (χ3n) is 10.1. The van der Waals surface area contributed by atoms with Gasteiger partial charge in [0, 0.05) is 23.2 Å². The molecule has 2 saturated carbocycles. The number of aliphatic hydroxyl groups excluding tert-OH is 1. The van der Waals surface area contributed by atoms with Gasteiger partial charge in [-0.15, -0.1) is 0 Å². The molecule has 0 aromatic rings. The van der Waals surface area contributed by atoms with Crippen molar-refractivity contribution in [2.24, 2.45) is 22.7 Å². The molecular formula is C29H42FO9P. The molecule has 1 heterocycles. The number of rotatable bonds is 9. The summed E-state index contributed by atoms with van der Waals surface area (Å²) in [5.74, 6) is -2.57. The van der Waals surface area contributed by atoms with E-state index in [0.29, 0.717) is 18.4 Å². The van der Waals surface area contributed by atoms with Gasteiger partial charge in [-0.25, -0.2) is 4.39 Å². The topological polar surface area (TPSA) is 118 Å². The lowest BCUT2D eigenvalue weighted by atomic mass is 9.45. The van der Waals surface area contributed by atoms with Crippen LogP contribution in [0.1, 0.15) is 67.2 Å². The zero-order chi connectivity index (χ0) is 29.4. The minimum absolute atomic E-state index is 0.0343. The Morgan fingerprint density at radius 1 is 1.18 bits per heavy atom. The van der Waals surface area contributed by atoms with Crippen LogP contribution in [0.5, 0.6) is 0 Å². The van der Waals surface area contributed by atoms with Gasteiger partial charge in [0.2, 0.25) is 0 Å². The van der Waals surface area contributed by atoms with Crippen molar-refractivity contribution >= 4 is 19.2 Å². The van der Waals surface area contributed by atoms with E-state index in [4.69, 9.17) is 23.3 Å². The van der Waals surface area contributed by atoms with E-state index in [2.05, 4.69) is 0 Å². The number of ether oxygens (including phenoxy) is 3. The monoisotopic (exact) mass is 584 g/mol. The molecule has 40 heavy (non-hydrogen) atoms. The van der Waals surface area contributed by atoms with Gasteiger partial charge in [0.25, 0.3) is 0 Å². The minimum atomic E-state index is -3.55. The molecule has 11 heteroatoms. The fraction of sp³-hybridized carbons (Fsp3) is 0.793. The van der Waals surface area contributed by atoms with Crippen LogP contribution in [0.4, 0.5) is 4.39 Å². The summed E-state index contributed by atoms with van der Waals surface area (Å²) >= 11 is 0. The Bertz CT molecular complexity index is 1170. The van der Waals surface area contributed by atoms with E-state index in [1.54, 1.807) is 40.7 Å². The quantitative estimate of drug-likeness (QED) is 0.305. The van der Waals surface area contributed by atoms with Crippen molar-refractivity contribution in [1.82, 2.24) is 0 Å². The number of carbonyl (C=O) groups is 2. The standard InChI is InChI=1S/C29H42FO9P/c1-7-36-40(34,37-8-2)17-35-16-23(33)29-24(38-25(3,4)39-29)14-21-20-10-9-18-13-19(31)11-12-26(18,5)28(20,30)22(32)15-27(21,29)6/h9,11-12,20-22,24,32H,7-8,10,13-17H2,1-6H3/t20-,21-,22-,24+,26-,27-,28-,29+/m0/s1. The summed E-state index contributed by atoms with van der Waals surface area (Å²) in [6, 6.07) is 0. The Morgan fingerprint density at radius 2 is 1.85 bits per heavy atom. The number of carbonyl (C=O) groups excluding carboxylic acids is 2. The summed E-state index contributed by atoms with van der Waals surface area (Å²) in [6.45, 7) is 10.4. The number of hydrogen-bond acceptors (Lipinski definition) is 9. The highest BCUT2D eigenvalue weighted by molar-refractivity contribution is 7.53. The number of fused-ring (bicyclic) bond motifs is 7. The molecule has 0 radical (unpaired) electrons.